The van der Waals surface area contributed by atoms with Gasteiger partial charge in [-0.2, -0.15) is 4.98 Å². The molecule has 1 N–H and O–H groups in total. The van der Waals surface area contributed by atoms with Crippen LogP contribution in [-0.2, 0) is 17.6 Å². The Morgan fingerprint density at radius 3 is 2.80 bits per heavy atom. The lowest BCUT2D eigenvalue weighted by molar-refractivity contribution is -0.115. The van der Waals surface area contributed by atoms with Crippen LogP contribution < -0.4 is 10.1 Å². The zero-order valence-corrected chi connectivity index (χ0v) is 14.2. The molecule has 0 bridgehead atoms. The van der Waals surface area contributed by atoms with Crippen LogP contribution in [0, 0.1) is 6.92 Å². The van der Waals surface area contributed by atoms with Crippen molar-refractivity contribution in [3.63, 3.8) is 0 Å². The maximum Gasteiger partial charge on any atom is 0.231 e. The van der Waals surface area contributed by atoms with Gasteiger partial charge in [0.15, 0.2) is 5.82 Å². The van der Waals surface area contributed by atoms with Crippen molar-refractivity contribution >= 4 is 11.6 Å². The summed E-state index contributed by atoms with van der Waals surface area (Å²) in [6, 6.07) is 15.1. The van der Waals surface area contributed by atoms with Gasteiger partial charge in [-0.3, -0.25) is 4.79 Å². The van der Waals surface area contributed by atoms with Gasteiger partial charge in [0.25, 0.3) is 0 Å². The summed E-state index contributed by atoms with van der Waals surface area (Å²) in [5, 5.41) is 6.74. The Balaban J connectivity index is 1.70. The average molecular weight is 337 g/mol. The van der Waals surface area contributed by atoms with Gasteiger partial charge in [-0.05, 0) is 36.2 Å². The number of methoxy groups -OCH3 is 1. The summed E-state index contributed by atoms with van der Waals surface area (Å²) in [6.07, 6.45) is 0.738. The summed E-state index contributed by atoms with van der Waals surface area (Å²) >= 11 is 0. The van der Waals surface area contributed by atoms with Crippen LogP contribution in [0.2, 0.25) is 0 Å². The van der Waals surface area contributed by atoms with Crippen LogP contribution in [0.1, 0.15) is 22.8 Å². The zero-order valence-electron chi connectivity index (χ0n) is 14.2. The molecule has 3 aromatic rings. The summed E-state index contributed by atoms with van der Waals surface area (Å²) in [5.74, 6) is 1.75. The fraction of sp³-hybridized carbons (Fsp3) is 0.211. The molecule has 0 unspecified atom stereocenters. The topological polar surface area (TPSA) is 77.2 Å². The number of nitrogens with one attached hydrogen (secondary N) is 1. The predicted molar refractivity (Wildman–Crippen MR) is 93.6 cm³/mol. The normalized spacial score (nSPS) is 10.5. The van der Waals surface area contributed by atoms with Gasteiger partial charge in [-0.15, -0.1) is 0 Å². The molecular formula is C19H19N3O3. The summed E-state index contributed by atoms with van der Waals surface area (Å²) in [7, 11) is 1.61. The van der Waals surface area contributed by atoms with Crippen molar-refractivity contribution in [2.75, 3.05) is 12.4 Å². The summed E-state index contributed by atoms with van der Waals surface area (Å²) in [6.45, 7) is 1.77. The maximum absolute atomic E-state index is 12.4. The standard InChI is InChI=1S/C19H19N3O3/c1-13-20-19(25-22-13)12-15-7-3-4-9-17(15)21-18(23)11-14-6-5-8-16(10-14)24-2/h3-10H,11-12H2,1-2H3,(H,21,23). The third-order valence-corrected chi connectivity index (χ3v) is 3.70. The van der Waals surface area contributed by atoms with Gasteiger partial charge in [0.05, 0.1) is 20.0 Å². The van der Waals surface area contributed by atoms with Gasteiger partial charge in [0.2, 0.25) is 11.8 Å². The highest BCUT2D eigenvalue weighted by Gasteiger charge is 2.11. The molecular weight excluding hydrogens is 318 g/mol. The molecule has 0 atom stereocenters. The monoisotopic (exact) mass is 337 g/mol. The number of carbonyl (C=O) groups is 1. The van der Waals surface area contributed by atoms with Gasteiger partial charge >= 0.3 is 0 Å². The van der Waals surface area contributed by atoms with E-state index in [-0.39, 0.29) is 12.3 Å². The Labute approximate surface area is 145 Å². The maximum atomic E-state index is 12.4. The molecule has 0 aliphatic carbocycles. The molecule has 2 aromatic carbocycles. The summed E-state index contributed by atoms with van der Waals surface area (Å²) in [5.41, 5.74) is 2.55. The van der Waals surface area contributed by atoms with Gasteiger partial charge in [0.1, 0.15) is 5.75 Å². The van der Waals surface area contributed by atoms with Gasteiger partial charge in [-0.25, -0.2) is 0 Å². The number of carbonyl (C=O) groups excluding carboxylic acids is 1. The van der Waals surface area contributed by atoms with E-state index in [4.69, 9.17) is 9.26 Å². The minimum Gasteiger partial charge on any atom is -0.497 e. The molecule has 0 aliphatic rings. The number of amides is 1. The second-order valence-electron chi connectivity index (χ2n) is 5.65. The van der Waals surface area contributed by atoms with Gasteiger partial charge in [-0.1, -0.05) is 35.5 Å². The molecule has 25 heavy (non-hydrogen) atoms. The number of para-hydroxylation sites is 1. The number of nitrogens with zero attached hydrogens (tertiary/aromatic N) is 2. The van der Waals surface area contributed by atoms with E-state index in [9.17, 15) is 4.79 Å². The number of hydrogen-bond acceptors (Lipinski definition) is 5. The number of aryl methyl sites for hydroxylation is 1. The Kier molecular flexibility index (Phi) is 5.09. The number of anilines is 1. The summed E-state index contributed by atoms with van der Waals surface area (Å²) in [4.78, 5) is 16.6. The number of benzene rings is 2. The SMILES string of the molecule is COc1cccc(CC(=O)Nc2ccccc2Cc2nc(C)no2)c1. The third-order valence-electron chi connectivity index (χ3n) is 3.70. The van der Waals surface area contributed by atoms with Crippen LogP contribution >= 0.6 is 0 Å². The van der Waals surface area contributed by atoms with E-state index in [1.165, 1.54) is 0 Å². The number of rotatable bonds is 6. The lowest BCUT2D eigenvalue weighted by Gasteiger charge is -2.10. The van der Waals surface area contributed by atoms with E-state index in [1.54, 1.807) is 14.0 Å². The van der Waals surface area contributed by atoms with Crippen LogP contribution in [-0.4, -0.2) is 23.2 Å². The van der Waals surface area contributed by atoms with E-state index in [2.05, 4.69) is 15.5 Å². The fourth-order valence-corrected chi connectivity index (χ4v) is 2.53. The fourth-order valence-electron chi connectivity index (χ4n) is 2.53. The van der Waals surface area contributed by atoms with E-state index in [0.717, 1.165) is 22.6 Å². The van der Waals surface area contributed by atoms with E-state index in [1.807, 2.05) is 48.5 Å². The lowest BCUT2D eigenvalue weighted by atomic mass is 10.1. The van der Waals surface area contributed by atoms with E-state index >= 15 is 0 Å². The van der Waals surface area contributed by atoms with Gasteiger partial charge < -0.3 is 14.6 Å². The van der Waals surface area contributed by atoms with Crippen molar-refractivity contribution in [3.8, 4) is 5.75 Å². The van der Waals surface area contributed by atoms with Crippen molar-refractivity contribution in [2.24, 2.45) is 0 Å². The molecule has 1 amide bonds. The molecule has 1 heterocycles. The molecule has 6 heteroatoms. The first-order chi connectivity index (χ1) is 12.1. The largest absolute Gasteiger partial charge is 0.497 e. The molecule has 1 aromatic heterocycles. The van der Waals surface area contributed by atoms with Crippen molar-refractivity contribution in [1.29, 1.82) is 0 Å². The van der Waals surface area contributed by atoms with E-state index < -0.39 is 0 Å². The average Bonchev–Trinajstić information content (AvgIpc) is 3.01. The molecule has 0 radical (unpaired) electrons. The molecule has 0 saturated carbocycles. The van der Waals surface area contributed by atoms with Crippen molar-refractivity contribution in [2.45, 2.75) is 19.8 Å². The van der Waals surface area contributed by atoms with E-state index in [0.29, 0.717) is 18.1 Å². The first-order valence-electron chi connectivity index (χ1n) is 7.94. The lowest BCUT2D eigenvalue weighted by Crippen LogP contribution is -2.15. The molecule has 0 fully saturated rings. The molecule has 128 valence electrons. The molecule has 0 spiro atoms. The zero-order chi connectivity index (χ0) is 17.6. The molecule has 0 aliphatic heterocycles. The number of aromatic nitrogens is 2. The second-order valence-corrected chi connectivity index (χ2v) is 5.65. The Morgan fingerprint density at radius 1 is 1.20 bits per heavy atom. The smallest absolute Gasteiger partial charge is 0.231 e. The van der Waals surface area contributed by atoms with Crippen molar-refractivity contribution in [3.05, 3.63) is 71.4 Å². The van der Waals surface area contributed by atoms with Crippen molar-refractivity contribution < 1.29 is 14.1 Å². The first-order valence-corrected chi connectivity index (χ1v) is 7.94. The predicted octanol–water partition coefficient (Wildman–Crippen LogP) is 3.16. The summed E-state index contributed by atoms with van der Waals surface area (Å²) < 4.78 is 10.3. The molecule has 0 saturated heterocycles. The quantitative estimate of drug-likeness (QED) is 0.747. The number of hydrogen-bond donors (Lipinski definition) is 1. The molecule has 3 rings (SSSR count). The molecule has 6 nitrogen and oxygen atoms in total. The Hall–Kier alpha value is -3.15. The Morgan fingerprint density at radius 2 is 2.04 bits per heavy atom. The van der Waals surface area contributed by atoms with Crippen LogP contribution in [0.15, 0.2) is 53.1 Å². The van der Waals surface area contributed by atoms with Crippen LogP contribution in [0.25, 0.3) is 0 Å². The highest BCUT2D eigenvalue weighted by Crippen LogP contribution is 2.19. The number of ether oxygens (including phenoxy) is 1. The van der Waals surface area contributed by atoms with Crippen molar-refractivity contribution in [1.82, 2.24) is 10.1 Å². The van der Waals surface area contributed by atoms with Gasteiger partial charge in [0, 0.05) is 5.69 Å². The minimum absolute atomic E-state index is 0.0950. The third kappa shape index (κ3) is 4.44. The van der Waals surface area contributed by atoms with Crippen LogP contribution in [0.3, 0.4) is 0 Å². The Bertz CT molecular complexity index is 874. The highest BCUT2D eigenvalue weighted by molar-refractivity contribution is 5.93. The second kappa shape index (κ2) is 7.61. The minimum atomic E-state index is -0.0950. The van der Waals surface area contributed by atoms with Crippen LogP contribution in [0.5, 0.6) is 5.75 Å². The van der Waals surface area contributed by atoms with Crippen LogP contribution in [0.4, 0.5) is 5.69 Å². The first kappa shape index (κ1) is 16.7. The highest BCUT2D eigenvalue weighted by atomic mass is 16.5.